The molecule has 0 rings (SSSR count). The van der Waals surface area contributed by atoms with E-state index in [9.17, 15) is 22.5 Å². The fraction of sp³-hybridized carbons (Fsp3) is 0.923. The molecule has 0 amide bonds. The van der Waals surface area contributed by atoms with Crippen LogP contribution >= 0.6 is 7.60 Å². The predicted molar refractivity (Wildman–Crippen MR) is 74.0 cm³/mol. The number of carbonyl (C=O) groups excluding carboxylic acids is 1. The summed E-state index contributed by atoms with van der Waals surface area (Å²) in [6.45, 7) is 4.64. The molecule has 0 aliphatic heterocycles. The van der Waals surface area contributed by atoms with Crippen molar-refractivity contribution in [2.45, 2.75) is 59.1 Å². The Morgan fingerprint density at radius 2 is 1.67 bits per heavy atom. The molecule has 1 atom stereocenters. The molecule has 8 heteroatoms. The number of carbonyl (C=O) groups is 1. The summed E-state index contributed by atoms with van der Waals surface area (Å²) < 4.78 is 50.2. The van der Waals surface area contributed by atoms with Crippen LogP contribution in [-0.4, -0.2) is 27.9 Å². The van der Waals surface area contributed by atoms with Crippen molar-refractivity contribution < 1.29 is 32.3 Å². The Bertz CT molecular complexity index is 387. The lowest BCUT2D eigenvalue weighted by Crippen LogP contribution is -2.44. The molecule has 4 nitrogen and oxygen atoms in total. The summed E-state index contributed by atoms with van der Waals surface area (Å²) in [7, 11) is -4.80. The molecule has 21 heavy (non-hydrogen) atoms. The van der Waals surface area contributed by atoms with Crippen molar-refractivity contribution in [3.05, 3.63) is 0 Å². The molecule has 0 aliphatic rings. The fourth-order valence-corrected chi connectivity index (χ4v) is 2.97. The van der Waals surface area contributed by atoms with Gasteiger partial charge in [0.2, 0.25) is 0 Å². The van der Waals surface area contributed by atoms with Crippen LogP contribution in [0.25, 0.3) is 0 Å². The monoisotopic (exact) mass is 332 g/mol. The molecule has 0 saturated carbocycles. The molecule has 0 heterocycles. The quantitative estimate of drug-likeness (QED) is 0.628. The van der Waals surface area contributed by atoms with Gasteiger partial charge in [0.1, 0.15) is 11.6 Å². The van der Waals surface area contributed by atoms with Gasteiger partial charge in [0.05, 0.1) is 0 Å². The van der Waals surface area contributed by atoms with Crippen LogP contribution in [0.4, 0.5) is 13.2 Å². The van der Waals surface area contributed by atoms with Gasteiger partial charge >= 0.3 is 13.8 Å². The van der Waals surface area contributed by atoms with E-state index >= 15 is 0 Å². The van der Waals surface area contributed by atoms with Gasteiger partial charge in [0, 0.05) is 0 Å². The Balaban J connectivity index is 4.95. The summed E-state index contributed by atoms with van der Waals surface area (Å²) in [6, 6.07) is 0. The van der Waals surface area contributed by atoms with Crippen LogP contribution in [0.1, 0.15) is 52.9 Å². The molecule has 0 saturated heterocycles. The molecule has 0 aliphatic carbocycles. The molecule has 0 aromatic rings. The van der Waals surface area contributed by atoms with E-state index < -0.39 is 37.6 Å². The highest BCUT2D eigenvalue weighted by molar-refractivity contribution is 7.52. The van der Waals surface area contributed by atoms with Gasteiger partial charge in [-0.2, -0.15) is 13.2 Å². The Morgan fingerprint density at radius 1 is 1.19 bits per heavy atom. The third-order valence-electron chi connectivity index (χ3n) is 4.03. The van der Waals surface area contributed by atoms with Crippen molar-refractivity contribution in [2.75, 3.05) is 6.16 Å². The van der Waals surface area contributed by atoms with E-state index in [1.54, 1.807) is 0 Å². The molecule has 0 aromatic heterocycles. The maximum Gasteiger partial charge on any atom is 0.401 e. The van der Waals surface area contributed by atoms with Gasteiger partial charge in [-0.1, -0.05) is 39.5 Å². The van der Waals surface area contributed by atoms with Gasteiger partial charge in [-0.15, -0.1) is 0 Å². The maximum atomic E-state index is 13.1. The first kappa shape index (κ1) is 20.6. The molecule has 126 valence electrons. The molecule has 0 aromatic carbocycles. The van der Waals surface area contributed by atoms with E-state index in [1.165, 1.54) is 0 Å². The third-order valence-corrected chi connectivity index (χ3v) is 4.73. The highest BCUT2D eigenvalue weighted by Crippen LogP contribution is 2.47. The largest absolute Gasteiger partial charge is 0.401 e. The summed E-state index contributed by atoms with van der Waals surface area (Å²) in [6.07, 6.45) is -4.13. The number of alkyl halides is 3. The van der Waals surface area contributed by atoms with Gasteiger partial charge in [0.15, 0.2) is 5.78 Å². The summed E-state index contributed by atoms with van der Waals surface area (Å²) in [5.41, 5.74) is -2.69. The molecule has 1 unspecified atom stereocenters. The summed E-state index contributed by atoms with van der Waals surface area (Å²) >= 11 is 0. The van der Waals surface area contributed by atoms with E-state index in [-0.39, 0.29) is 6.42 Å². The van der Waals surface area contributed by atoms with Crippen molar-refractivity contribution in [2.24, 2.45) is 11.3 Å². The molecule has 2 N–H and O–H groups in total. The van der Waals surface area contributed by atoms with Crippen molar-refractivity contribution in [3.63, 3.8) is 0 Å². The Kier molecular flexibility index (Phi) is 7.60. The highest BCUT2D eigenvalue weighted by Gasteiger charge is 2.56. The molecule has 0 radical (unpaired) electrons. The minimum absolute atomic E-state index is 0.204. The first-order chi connectivity index (χ1) is 9.37. The minimum Gasteiger partial charge on any atom is -0.324 e. The van der Waals surface area contributed by atoms with E-state index in [1.807, 2.05) is 13.8 Å². The average molecular weight is 332 g/mol. The Morgan fingerprint density at radius 3 is 2.00 bits per heavy atom. The van der Waals surface area contributed by atoms with Crippen molar-refractivity contribution in [3.8, 4) is 0 Å². The molecule has 0 fully saturated rings. The molecular weight excluding hydrogens is 308 g/mol. The number of hydrogen-bond acceptors (Lipinski definition) is 2. The van der Waals surface area contributed by atoms with E-state index in [4.69, 9.17) is 9.79 Å². The lowest BCUT2D eigenvalue weighted by Gasteiger charge is -2.31. The third kappa shape index (κ3) is 6.49. The van der Waals surface area contributed by atoms with Gasteiger partial charge in [-0.3, -0.25) is 9.36 Å². The zero-order chi connectivity index (χ0) is 16.9. The second-order valence-electron chi connectivity index (χ2n) is 5.65. The Hall–Kier alpha value is -0.390. The number of ketones is 1. The maximum absolute atomic E-state index is 13.1. The van der Waals surface area contributed by atoms with Crippen molar-refractivity contribution >= 4 is 13.4 Å². The van der Waals surface area contributed by atoms with Crippen LogP contribution in [0.3, 0.4) is 0 Å². The summed E-state index contributed by atoms with van der Waals surface area (Å²) in [5, 5.41) is 0. The number of halogens is 3. The second kappa shape index (κ2) is 7.75. The standard InChI is InChI=1S/C13H24F3O4P/c1-4-10(5-2)7-6-8-12(3,13(14,15)16)11(17)9-21(18,19)20/h10H,4-9H2,1-3H3,(H2,18,19,20). The molecular formula is C13H24F3O4P. The zero-order valence-electron chi connectivity index (χ0n) is 12.6. The zero-order valence-corrected chi connectivity index (χ0v) is 13.5. The molecule has 0 spiro atoms. The minimum atomic E-state index is -4.81. The SMILES string of the molecule is CCC(CC)CCCC(C)(C(=O)CP(=O)(O)O)C(F)(F)F. The van der Waals surface area contributed by atoms with Gasteiger partial charge < -0.3 is 9.79 Å². The van der Waals surface area contributed by atoms with Gasteiger partial charge in [0.25, 0.3) is 0 Å². The number of rotatable bonds is 9. The lowest BCUT2D eigenvalue weighted by molar-refractivity contribution is -0.216. The fourth-order valence-electron chi connectivity index (χ4n) is 2.24. The average Bonchev–Trinajstić information content (AvgIpc) is 2.30. The van der Waals surface area contributed by atoms with Crippen LogP contribution in [0.5, 0.6) is 0 Å². The normalized spacial score (nSPS) is 16.0. The van der Waals surface area contributed by atoms with Crippen molar-refractivity contribution in [1.29, 1.82) is 0 Å². The van der Waals surface area contributed by atoms with Crippen molar-refractivity contribution in [1.82, 2.24) is 0 Å². The number of Topliss-reactive ketones (excluding diaryl/α,β-unsaturated/α-hetero) is 1. The smallest absolute Gasteiger partial charge is 0.324 e. The first-order valence-electron chi connectivity index (χ1n) is 7.02. The number of hydrogen-bond donors (Lipinski definition) is 2. The topological polar surface area (TPSA) is 74.6 Å². The molecule has 0 bridgehead atoms. The van der Waals surface area contributed by atoms with Crippen LogP contribution < -0.4 is 0 Å². The van der Waals surface area contributed by atoms with Crippen LogP contribution in [0, 0.1) is 11.3 Å². The summed E-state index contributed by atoms with van der Waals surface area (Å²) in [4.78, 5) is 29.2. The lowest BCUT2D eigenvalue weighted by atomic mass is 9.79. The van der Waals surface area contributed by atoms with E-state index in [0.29, 0.717) is 12.3 Å². The predicted octanol–water partition coefficient (Wildman–Crippen LogP) is 3.91. The van der Waals surface area contributed by atoms with Crippen LogP contribution in [0.2, 0.25) is 0 Å². The van der Waals surface area contributed by atoms with Crippen LogP contribution in [0.15, 0.2) is 0 Å². The second-order valence-corrected chi connectivity index (χ2v) is 7.30. The van der Waals surface area contributed by atoms with Gasteiger partial charge in [-0.05, 0) is 19.3 Å². The highest BCUT2D eigenvalue weighted by atomic mass is 31.2. The first-order valence-corrected chi connectivity index (χ1v) is 8.81. The van der Waals surface area contributed by atoms with E-state index in [2.05, 4.69) is 0 Å². The Labute approximate surface area is 123 Å². The van der Waals surface area contributed by atoms with Gasteiger partial charge in [-0.25, -0.2) is 0 Å². The summed E-state index contributed by atoms with van der Waals surface area (Å²) in [5.74, 6) is -1.13. The van der Waals surface area contributed by atoms with E-state index in [0.717, 1.165) is 19.8 Å². The van der Waals surface area contributed by atoms with Crippen LogP contribution in [-0.2, 0) is 9.36 Å².